The summed E-state index contributed by atoms with van der Waals surface area (Å²) in [6.45, 7) is 11.2. The van der Waals surface area contributed by atoms with Gasteiger partial charge in [-0.25, -0.2) is 4.98 Å². The van der Waals surface area contributed by atoms with Crippen LogP contribution in [0.15, 0.2) is 34.0 Å². The van der Waals surface area contributed by atoms with E-state index in [1.54, 1.807) is 11.3 Å². The average Bonchev–Trinajstić information content (AvgIpc) is 3.06. The molecule has 2 aromatic rings. The zero-order valence-electron chi connectivity index (χ0n) is 16.9. The van der Waals surface area contributed by atoms with Crippen LogP contribution in [0, 0.1) is 18.3 Å². The van der Waals surface area contributed by atoms with Gasteiger partial charge in [0.15, 0.2) is 5.84 Å². The van der Waals surface area contributed by atoms with Crippen LogP contribution < -0.4 is 10.7 Å². The number of hydrogen-bond donors (Lipinski definition) is 2. The van der Waals surface area contributed by atoms with Crippen LogP contribution in [0.4, 0.5) is 5.69 Å². The Balaban J connectivity index is 1.76. The van der Waals surface area contributed by atoms with E-state index in [4.69, 9.17) is 11.3 Å². The molecule has 2 heterocycles. The number of thiazole rings is 1. The van der Waals surface area contributed by atoms with E-state index in [0.29, 0.717) is 5.92 Å². The Kier molecular flexibility index (Phi) is 6.74. The lowest BCUT2D eigenvalue weighted by atomic mass is 9.99. The maximum absolute atomic E-state index is 8.21. The fraction of sp³-hybridized carbons (Fsp3) is 0.500. The normalized spacial score (nSPS) is 15.6. The van der Waals surface area contributed by atoms with Crippen molar-refractivity contribution in [3.05, 3.63) is 45.4 Å². The Labute approximate surface area is 170 Å². The molecule has 0 saturated carbocycles. The zero-order valence-corrected chi connectivity index (χ0v) is 17.7. The number of benzene rings is 1. The van der Waals surface area contributed by atoms with Crippen molar-refractivity contribution >= 4 is 22.9 Å². The Morgan fingerprint density at radius 2 is 2.04 bits per heavy atom. The quantitative estimate of drug-likeness (QED) is 0.255. The Hall–Kier alpha value is -2.32. The van der Waals surface area contributed by atoms with E-state index in [1.807, 2.05) is 11.6 Å². The molecule has 1 aromatic carbocycles. The fourth-order valence-corrected chi connectivity index (χ4v) is 4.18. The van der Waals surface area contributed by atoms with Crippen LogP contribution in [-0.4, -0.2) is 41.9 Å². The van der Waals surface area contributed by atoms with Crippen molar-refractivity contribution in [2.75, 3.05) is 31.1 Å². The van der Waals surface area contributed by atoms with Gasteiger partial charge >= 0.3 is 0 Å². The van der Waals surface area contributed by atoms with Crippen molar-refractivity contribution in [1.29, 1.82) is 5.41 Å². The number of nitrogens with zero attached hydrogens (tertiary/aromatic N) is 5. The van der Waals surface area contributed by atoms with E-state index in [2.05, 4.69) is 58.0 Å². The summed E-state index contributed by atoms with van der Waals surface area (Å²) >= 11 is 1.71. The van der Waals surface area contributed by atoms with Crippen molar-refractivity contribution in [3.8, 4) is 0 Å². The molecule has 3 N–H and O–H groups in total. The molecule has 0 unspecified atom stereocenters. The summed E-state index contributed by atoms with van der Waals surface area (Å²) in [5.74, 6) is 5.87. The monoisotopic (exact) mass is 399 g/mol. The van der Waals surface area contributed by atoms with E-state index >= 15 is 0 Å². The number of amidine groups is 1. The van der Waals surface area contributed by atoms with Gasteiger partial charge in [-0.3, -0.25) is 10.3 Å². The smallest absolute Gasteiger partial charge is 0.178 e. The number of nitrogens with two attached hydrogens (primary N) is 1. The fourth-order valence-electron chi connectivity index (χ4n) is 3.59. The molecule has 0 bridgehead atoms. The van der Waals surface area contributed by atoms with Gasteiger partial charge in [0.05, 0.1) is 11.2 Å². The van der Waals surface area contributed by atoms with Crippen LogP contribution in [0.25, 0.3) is 0 Å². The molecule has 0 spiro atoms. The van der Waals surface area contributed by atoms with Gasteiger partial charge in [0.25, 0.3) is 0 Å². The third-order valence-corrected chi connectivity index (χ3v) is 5.85. The first-order valence-corrected chi connectivity index (χ1v) is 10.5. The molecule has 1 fully saturated rings. The maximum Gasteiger partial charge on any atom is 0.178 e. The van der Waals surface area contributed by atoms with Gasteiger partial charge in [0.1, 0.15) is 0 Å². The third kappa shape index (κ3) is 4.94. The first-order chi connectivity index (χ1) is 13.5. The van der Waals surface area contributed by atoms with Crippen LogP contribution in [-0.2, 0) is 13.0 Å². The molecule has 7 nitrogen and oxygen atoms in total. The number of piperazine rings is 1. The standard InChI is InChI=1S/C20H29N7S/c1-14(2)10-16-4-5-17(20(21)24-25-22)19(11-16)27-8-6-26(7-9-27)12-18-15(3)28-13-23-18/h4-5,11,13-14H,6-10,12H2,1-3H3,(H3,21,22,24). The third-order valence-electron chi connectivity index (χ3n) is 5.05. The Morgan fingerprint density at radius 3 is 2.64 bits per heavy atom. The highest BCUT2D eigenvalue weighted by atomic mass is 32.1. The zero-order chi connectivity index (χ0) is 20.1. The Bertz CT molecular complexity index is 835. The SMILES string of the molecule is Cc1scnc1CN1CCN(c2cc(CC(C)C)ccc2C(=N)/N=N\N)CC1. The molecule has 3 rings (SSSR count). The van der Waals surface area contributed by atoms with Crippen LogP contribution in [0.3, 0.4) is 0 Å². The number of nitrogens with one attached hydrogen (secondary N) is 1. The summed E-state index contributed by atoms with van der Waals surface area (Å²) in [5, 5.41) is 15.3. The second-order valence-corrected chi connectivity index (χ2v) is 8.69. The van der Waals surface area contributed by atoms with Crippen molar-refractivity contribution < 1.29 is 0 Å². The van der Waals surface area contributed by atoms with Gasteiger partial charge in [-0.15, -0.1) is 16.5 Å². The maximum atomic E-state index is 8.21. The van der Waals surface area contributed by atoms with Crippen LogP contribution >= 0.6 is 11.3 Å². The number of rotatable bonds is 6. The van der Waals surface area contributed by atoms with E-state index in [-0.39, 0.29) is 5.84 Å². The molecule has 1 aliphatic heterocycles. The topological polar surface area (TPSA) is 94.0 Å². The van der Waals surface area contributed by atoms with Gasteiger partial charge < -0.3 is 10.7 Å². The van der Waals surface area contributed by atoms with Gasteiger partial charge in [0, 0.05) is 48.9 Å². The molecular formula is C20H29N7S. The van der Waals surface area contributed by atoms with E-state index in [9.17, 15) is 0 Å². The molecular weight excluding hydrogens is 370 g/mol. The van der Waals surface area contributed by atoms with Gasteiger partial charge in [-0.05, 0) is 37.0 Å². The predicted molar refractivity (Wildman–Crippen MR) is 115 cm³/mol. The van der Waals surface area contributed by atoms with Crippen molar-refractivity contribution in [2.24, 2.45) is 22.1 Å². The molecule has 0 amide bonds. The lowest BCUT2D eigenvalue weighted by Gasteiger charge is -2.37. The number of aromatic nitrogens is 1. The summed E-state index contributed by atoms with van der Waals surface area (Å²) in [6, 6.07) is 6.27. The summed E-state index contributed by atoms with van der Waals surface area (Å²) in [6.07, 6.45) is 1.02. The molecule has 28 heavy (non-hydrogen) atoms. The lowest BCUT2D eigenvalue weighted by molar-refractivity contribution is 0.247. The van der Waals surface area contributed by atoms with Crippen molar-refractivity contribution in [2.45, 2.75) is 33.7 Å². The number of anilines is 1. The molecule has 8 heteroatoms. The highest BCUT2D eigenvalue weighted by Crippen LogP contribution is 2.26. The highest BCUT2D eigenvalue weighted by molar-refractivity contribution is 7.09. The van der Waals surface area contributed by atoms with Crippen molar-refractivity contribution in [1.82, 2.24) is 9.88 Å². The number of aryl methyl sites for hydroxylation is 1. The minimum atomic E-state index is 0.106. The highest BCUT2D eigenvalue weighted by Gasteiger charge is 2.22. The van der Waals surface area contributed by atoms with E-state index < -0.39 is 0 Å². The molecule has 0 atom stereocenters. The largest absolute Gasteiger partial charge is 0.368 e. The van der Waals surface area contributed by atoms with Gasteiger partial charge in [-0.2, -0.15) is 0 Å². The Morgan fingerprint density at radius 1 is 1.29 bits per heavy atom. The van der Waals surface area contributed by atoms with Crippen LogP contribution in [0.1, 0.15) is 35.5 Å². The lowest BCUT2D eigenvalue weighted by Crippen LogP contribution is -2.46. The minimum Gasteiger partial charge on any atom is -0.368 e. The number of hydrogen-bond acceptors (Lipinski definition) is 6. The second-order valence-electron chi connectivity index (χ2n) is 7.63. The summed E-state index contributed by atoms with van der Waals surface area (Å²) < 4.78 is 0. The molecule has 1 aromatic heterocycles. The minimum absolute atomic E-state index is 0.106. The average molecular weight is 400 g/mol. The van der Waals surface area contributed by atoms with Gasteiger partial charge in [-0.1, -0.05) is 25.1 Å². The summed E-state index contributed by atoms with van der Waals surface area (Å²) in [4.78, 5) is 10.6. The van der Waals surface area contributed by atoms with Crippen LogP contribution in [0.5, 0.6) is 0 Å². The first kappa shape index (κ1) is 20.4. The van der Waals surface area contributed by atoms with E-state index in [1.165, 1.54) is 16.1 Å². The van der Waals surface area contributed by atoms with Crippen molar-refractivity contribution in [3.63, 3.8) is 0 Å². The molecule has 0 aliphatic carbocycles. The summed E-state index contributed by atoms with van der Waals surface area (Å²) in [7, 11) is 0. The molecule has 0 radical (unpaired) electrons. The van der Waals surface area contributed by atoms with E-state index in [0.717, 1.165) is 50.4 Å². The molecule has 150 valence electrons. The van der Waals surface area contributed by atoms with Gasteiger partial charge in [0.2, 0.25) is 0 Å². The first-order valence-electron chi connectivity index (χ1n) is 9.67. The molecule has 1 aliphatic rings. The predicted octanol–water partition coefficient (Wildman–Crippen LogP) is 3.62. The second kappa shape index (κ2) is 9.25. The molecule has 1 saturated heterocycles. The summed E-state index contributed by atoms with van der Waals surface area (Å²) in [5.41, 5.74) is 6.23. The van der Waals surface area contributed by atoms with Crippen LogP contribution in [0.2, 0.25) is 0 Å².